The van der Waals surface area contributed by atoms with Crippen LogP contribution in [0.2, 0.25) is 0 Å². The molecule has 5 nitrogen and oxygen atoms in total. The number of carbonyl (C=O) groups is 1. The minimum Gasteiger partial charge on any atom is -0.294 e. The lowest BCUT2D eigenvalue weighted by molar-refractivity contribution is 0.0982. The lowest BCUT2D eigenvalue weighted by Crippen LogP contribution is -2.06. The number of rotatable bonds is 1. The zero-order valence-electron chi connectivity index (χ0n) is 9.33. The first-order chi connectivity index (χ1) is 8.36. The molecule has 0 unspecified atom stereocenters. The van der Waals surface area contributed by atoms with Crippen molar-refractivity contribution >= 4 is 5.78 Å². The first kappa shape index (κ1) is 10.1. The second-order valence-corrected chi connectivity index (χ2v) is 4.11. The molecule has 1 aliphatic rings. The predicted octanol–water partition coefficient (Wildman–Crippen LogP) is 1.57. The van der Waals surface area contributed by atoms with Gasteiger partial charge < -0.3 is 0 Å². The Morgan fingerprint density at radius 2 is 2.00 bits per heavy atom. The molecule has 0 N–H and O–H groups in total. The van der Waals surface area contributed by atoms with Crippen LogP contribution in [0.15, 0.2) is 24.8 Å². The Morgan fingerprint density at radius 1 is 1.12 bits per heavy atom. The summed E-state index contributed by atoms with van der Waals surface area (Å²) in [7, 11) is 0. The van der Waals surface area contributed by atoms with Crippen molar-refractivity contribution in [3.05, 3.63) is 36.0 Å². The van der Waals surface area contributed by atoms with E-state index in [1.54, 1.807) is 29.5 Å². The largest absolute Gasteiger partial charge is 0.294 e. The summed E-state index contributed by atoms with van der Waals surface area (Å²) < 4.78 is 1.73. The third-order valence-corrected chi connectivity index (χ3v) is 3.00. The predicted molar refractivity (Wildman–Crippen MR) is 61.0 cm³/mol. The van der Waals surface area contributed by atoms with E-state index in [2.05, 4.69) is 15.1 Å². The number of hydrogen-bond acceptors (Lipinski definition) is 4. The molecule has 0 spiro atoms. The van der Waals surface area contributed by atoms with E-state index in [1.807, 2.05) is 0 Å². The molecule has 2 heterocycles. The van der Waals surface area contributed by atoms with Crippen molar-refractivity contribution in [3.8, 4) is 5.82 Å². The fourth-order valence-corrected chi connectivity index (χ4v) is 2.16. The first-order valence-corrected chi connectivity index (χ1v) is 5.73. The zero-order valence-corrected chi connectivity index (χ0v) is 9.33. The van der Waals surface area contributed by atoms with Crippen LogP contribution in [0.1, 0.15) is 35.3 Å². The maximum Gasteiger partial charge on any atom is 0.172 e. The van der Waals surface area contributed by atoms with E-state index < -0.39 is 0 Å². The SMILES string of the molecule is O=C1CCCCc2c1cnn2-c1cnccn1. The smallest absolute Gasteiger partial charge is 0.172 e. The van der Waals surface area contributed by atoms with Gasteiger partial charge in [0.15, 0.2) is 11.6 Å². The van der Waals surface area contributed by atoms with Gasteiger partial charge in [0.2, 0.25) is 0 Å². The molecular formula is C12H12N4O. The Labute approximate surface area is 98.5 Å². The highest BCUT2D eigenvalue weighted by atomic mass is 16.1. The molecule has 17 heavy (non-hydrogen) atoms. The summed E-state index contributed by atoms with van der Waals surface area (Å²) in [6.07, 6.45) is 10.0. The van der Waals surface area contributed by atoms with E-state index >= 15 is 0 Å². The number of aromatic nitrogens is 4. The average Bonchev–Trinajstić information content (AvgIpc) is 2.71. The molecule has 0 fully saturated rings. The van der Waals surface area contributed by atoms with Crippen molar-refractivity contribution in [2.45, 2.75) is 25.7 Å². The Balaban J connectivity index is 2.11. The molecule has 2 aromatic rings. The molecule has 0 aliphatic heterocycles. The first-order valence-electron chi connectivity index (χ1n) is 5.73. The van der Waals surface area contributed by atoms with Crippen LogP contribution < -0.4 is 0 Å². The van der Waals surface area contributed by atoms with Gasteiger partial charge in [0.05, 0.1) is 23.7 Å². The molecule has 2 aromatic heterocycles. The van der Waals surface area contributed by atoms with E-state index in [0.29, 0.717) is 12.2 Å². The molecule has 1 aliphatic carbocycles. The highest BCUT2D eigenvalue weighted by Crippen LogP contribution is 2.21. The van der Waals surface area contributed by atoms with E-state index in [9.17, 15) is 4.79 Å². The van der Waals surface area contributed by atoms with E-state index in [-0.39, 0.29) is 5.78 Å². The van der Waals surface area contributed by atoms with Gasteiger partial charge in [-0.05, 0) is 19.3 Å². The van der Waals surface area contributed by atoms with Crippen LogP contribution in [-0.2, 0) is 6.42 Å². The maximum absolute atomic E-state index is 11.9. The van der Waals surface area contributed by atoms with Gasteiger partial charge in [-0.25, -0.2) is 9.67 Å². The summed E-state index contributed by atoms with van der Waals surface area (Å²) in [5.41, 5.74) is 1.71. The van der Waals surface area contributed by atoms with Crippen LogP contribution in [0.3, 0.4) is 0 Å². The summed E-state index contributed by atoms with van der Waals surface area (Å²) in [4.78, 5) is 20.1. The molecular weight excluding hydrogens is 216 g/mol. The van der Waals surface area contributed by atoms with E-state index in [1.165, 1.54) is 0 Å². The van der Waals surface area contributed by atoms with Crippen LogP contribution in [0, 0.1) is 0 Å². The number of carbonyl (C=O) groups excluding carboxylic acids is 1. The Hall–Kier alpha value is -2.04. The summed E-state index contributed by atoms with van der Waals surface area (Å²) in [5.74, 6) is 0.857. The molecule has 0 bridgehead atoms. The van der Waals surface area contributed by atoms with Gasteiger partial charge in [-0.15, -0.1) is 0 Å². The van der Waals surface area contributed by atoms with Crippen molar-refractivity contribution in [2.75, 3.05) is 0 Å². The molecule has 0 amide bonds. The van der Waals surface area contributed by atoms with E-state index in [4.69, 9.17) is 0 Å². The molecule has 0 radical (unpaired) electrons. The normalized spacial score (nSPS) is 15.4. The minimum absolute atomic E-state index is 0.188. The third-order valence-electron chi connectivity index (χ3n) is 3.00. The fraction of sp³-hybridized carbons (Fsp3) is 0.333. The average molecular weight is 228 g/mol. The second-order valence-electron chi connectivity index (χ2n) is 4.11. The van der Waals surface area contributed by atoms with Crippen molar-refractivity contribution in [1.82, 2.24) is 19.7 Å². The van der Waals surface area contributed by atoms with Crippen molar-refractivity contribution in [3.63, 3.8) is 0 Å². The van der Waals surface area contributed by atoms with Crippen LogP contribution in [0.25, 0.3) is 5.82 Å². The van der Waals surface area contributed by atoms with Gasteiger partial charge in [0.1, 0.15) is 0 Å². The molecule has 3 rings (SSSR count). The summed E-state index contributed by atoms with van der Waals surface area (Å²) in [5, 5.41) is 4.25. The van der Waals surface area contributed by atoms with Gasteiger partial charge >= 0.3 is 0 Å². The number of nitrogens with zero attached hydrogens (tertiary/aromatic N) is 4. The van der Waals surface area contributed by atoms with Gasteiger partial charge in [-0.1, -0.05) is 0 Å². The van der Waals surface area contributed by atoms with E-state index in [0.717, 1.165) is 30.5 Å². The number of ketones is 1. The fourth-order valence-electron chi connectivity index (χ4n) is 2.16. The maximum atomic E-state index is 11.9. The summed E-state index contributed by atoms with van der Waals surface area (Å²) in [6.45, 7) is 0. The van der Waals surface area contributed by atoms with Gasteiger partial charge in [-0.2, -0.15) is 5.10 Å². The topological polar surface area (TPSA) is 60.7 Å². The standard InChI is InChI=1S/C12H12N4O/c17-11-4-2-1-3-10-9(11)7-15-16(10)12-8-13-5-6-14-12/h5-8H,1-4H2. The number of Topliss-reactive ketones (excluding diaryl/α,β-unsaturated/α-hetero) is 1. The third kappa shape index (κ3) is 1.73. The molecule has 0 atom stereocenters. The zero-order chi connectivity index (χ0) is 11.7. The Morgan fingerprint density at radius 3 is 2.82 bits per heavy atom. The number of hydrogen-bond donors (Lipinski definition) is 0. The highest BCUT2D eigenvalue weighted by Gasteiger charge is 2.21. The minimum atomic E-state index is 0.188. The van der Waals surface area contributed by atoms with Crippen molar-refractivity contribution in [1.29, 1.82) is 0 Å². The monoisotopic (exact) mass is 228 g/mol. The quantitative estimate of drug-likeness (QED) is 0.695. The highest BCUT2D eigenvalue weighted by molar-refractivity contribution is 5.97. The summed E-state index contributed by atoms with van der Waals surface area (Å²) in [6, 6.07) is 0. The lowest BCUT2D eigenvalue weighted by atomic mass is 10.1. The Kier molecular flexibility index (Phi) is 2.44. The van der Waals surface area contributed by atoms with Crippen molar-refractivity contribution < 1.29 is 4.79 Å². The number of fused-ring (bicyclic) bond motifs is 1. The molecule has 0 saturated heterocycles. The molecule has 0 aromatic carbocycles. The Bertz CT molecular complexity index is 547. The van der Waals surface area contributed by atoms with Crippen LogP contribution in [-0.4, -0.2) is 25.5 Å². The van der Waals surface area contributed by atoms with Gasteiger partial charge in [0.25, 0.3) is 0 Å². The molecule has 5 heteroatoms. The van der Waals surface area contributed by atoms with Gasteiger partial charge in [-0.3, -0.25) is 9.78 Å². The summed E-state index contributed by atoms with van der Waals surface area (Å²) >= 11 is 0. The van der Waals surface area contributed by atoms with Gasteiger partial charge in [0, 0.05) is 18.8 Å². The molecule has 86 valence electrons. The van der Waals surface area contributed by atoms with Crippen molar-refractivity contribution in [2.24, 2.45) is 0 Å². The van der Waals surface area contributed by atoms with Crippen LogP contribution in [0.4, 0.5) is 0 Å². The lowest BCUT2D eigenvalue weighted by Gasteiger charge is -2.05. The second kappa shape index (κ2) is 4.08. The van der Waals surface area contributed by atoms with Crippen LogP contribution >= 0.6 is 0 Å². The van der Waals surface area contributed by atoms with Crippen LogP contribution in [0.5, 0.6) is 0 Å². The molecule has 0 saturated carbocycles.